The van der Waals surface area contributed by atoms with E-state index in [9.17, 15) is 0 Å². The van der Waals surface area contributed by atoms with Crippen molar-refractivity contribution in [3.05, 3.63) is 29.3 Å². The van der Waals surface area contributed by atoms with Crippen molar-refractivity contribution in [1.29, 1.82) is 0 Å². The fourth-order valence-electron chi connectivity index (χ4n) is 2.05. The van der Waals surface area contributed by atoms with Crippen molar-refractivity contribution >= 4 is 0 Å². The van der Waals surface area contributed by atoms with Gasteiger partial charge in [0.15, 0.2) is 0 Å². The van der Waals surface area contributed by atoms with Gasteiger partial charge in [0.05, 0.1) is 7.11 Å². The van der Waals surface area contributed by atoms with Gasteiger partial charge in [0.2, 0.25) is 0 Å². The Morgan fingerprint density at radius 1 is 1.28 bits per heavy atom. The molecule has 2 heteroatoms. The van der Waals surface area contributed by atoms with Crippen molar-refractivity contribution < 1.29 is 4.74 Å². The molecular weight excluding hydrogens is 222 g/mol. The van der Waals surface area contributed by atoms with Crippen LogP contribution < -0.4 is 10.5 Å². The van der Waals surface area contributed by atoms with E-state index in [4.69, 9.17) is 10.5 Å². The number of nitrogens with two attached hydrogens (primary N) is 1. The molecule has 1 rings (SSSR count). The average Bonchev–Trinajstić information content (AvgIpc) is 2.27. The van der Waals surface area contributed by atoms with Gasteiger partial charge in [-0.15, -0.1) is 0 Å². The summed E-state index contributed by atoms with van der Waals surface area (Å²) in [5, 5.41) is 0. The Balaban J connectivity index is 2.81. The van der Waals surface area contributed by atoms with E-state index in [0.717, 1.165) is 12.2 Å². The highest BCUT2D eigenvalue weighted by atomic mass is 16.5. The Kier molecular flexibility index (Phi) is 4.80. The van der Waals surface area contributed by atoms with Crippen molar-refractivity contribution in [3.8, 4) is 5.75 Å². The first-order valence-electron chi connectivity index (χ1n) is 6.65. The summed E-state index contributed by atoms with van der Waals surface area (Å²) in [6.45, 7) is 11.2. The summed E-state index contributed by atoms with van der Waals surface area (Å²) in [6, 6.07) is 6.24. The maximum absolute atomic E-state index is 6.34. The molecule has 0 bridgehead atoms. The predicted molar refractivity (Wildman–Crippen MR) is 77.9 cm³/mol. The summed E-state index contributed by atoms with van der Waals surface area (Å²) in [6.07, 6.45) is 1.01. The molecule has 0 aliphatic rings. The van der Waals surface area contributed by atoms with Gasteiger partial charge in [-0.2, -0.15) is 0 Å². The minimum Gasteiger partial charge on any atom is -0.497 e. The number of methoxy groups -OCH3 is 1. The molecule has 2 N–H and O–H groups in total. The molecule has 0 heterocycles. The second-order valence-electron chi connectivity index (χ2n) is 6.33. The van der Waals surface area contributed by atoms with Crippen molar-refractivity contribution in [1.82, 2.24) is 0 Å². The molecular formula is C16H27NO. The van der Waals surface area contributed by atoms with Crippen LogP contribution in [0.2, 0.25) is 0 Å². The second-order valence-corrected chi connectivity index (χ2v) is 6.33. The first-order valence-corrected chi connectivity index (χ1v) is 6.65. The molecule has 0 spiro atoms. The number of hydrogen-bond donors (Lipinski definition) is 1. The molecule has 2 atom stereocenters. The zero-order valence-corrected chi connectivity index (χ0v) is 12.6. The lowest BCUT2D eigenvalue weighted by atomic mass is 9.77. The lowest BCUT2D eigenvalue weighted by molar-refractivity contribution is 0.233. The summed E-state index contributed by atoms with van der Waals surface area (Å²) < 4.78 is 5.22. The molecule has 1 aromatic carbocycles. The van der Waals surface area contributed by atoms with E-state index >= 15 is 0 Å². The number of rotatable bonds is 4. The maximum atomic E-state index is 6.34. The molecule has 0 saturated carbocycles. The van der Waals surface area contributed by atoms with Crippen LogP contribution in [0.5, 0.6) is 5.75 Å². The van der Waals surface area contributed by atoms with Gasteiger partial charge >= 0.3 is 0 Å². The molecule has 18 heavy (non-hydrogen) atoms. The SMILES string of the molecule is COc1ccc(C(N)CC(C)C(C)(C)C)c(C)c1. The van der Waals surface area contributed by atoms with Crippen LogP contribution in [0.4, 0.5) is 0 Å². The fraction of sp³-hybridized carbons (Fsp3) is 0.625. The van der Waals surface area contributed by atoms with E-state index in [1.165, 1.54) is 11.1 Å². The third-order valence-corrected chi connectivity index (χ3v) is 3.96. The van der Waals surface area contributed by atoms with Crippen LogP contribution >= 0.6 is 0 Å². The predicted octanol–water partition coefficient (Wildman–Crippen LogP) is 4.08. The first kappa shape index (κ1) is 15.0. The summed E-state index contributed by atoms with van der Waals surface area (Å²) in [7, 11) is 1.69. The van der Waals surface area contributed by atoms with Gasteiger partial charge < -0.3 is 10.5 Å². The fourth-order valence-corrected chi connectivity index (χ4v) is 2.05. The minimum atomic E-state index is 0.102. The Bertz CT molecular complexity index is 393. The summed E-state index contributed by atoms with van der Waals surface area (Å²) in [5.41, 5.74) is 9.09. The van der Waals surface area contributed by atoms with Gasteiger partial charge in [0.25, 0.3) is 0 Å². The van der Waals surface area contributed by atoms with E-state index in [2.05, 4.69) is 46.8 Å². The quantitative estimate of drug-likeness (QED) is 0.872. The third kappa shape index (κ3) is 3.74. The van der Waals surface area contributed by atoms with Crippen LogP contribution in [0.25, 0.3) is 0 Å². The molecule has 1 aromatic rings. The number of benzene rings is 1. The Hall–Kier alpha value is -1.02. The molecule has 0 fully saturated rings. The lowest BCUT2D eigenvalue weighted by Gasteiger charge is -2.30. The highest BCUT2D eigenvalue weighted by Gasteiger charge is 2.23. The van der Waals surface area contributed by atoms with E-state index < -0.39 is 0 Å². The summed E-state index contributed by atoms with van der Waals surface area (Å²) in [4.78, 5) is 0. The van der Waals surface area contributed by atoms with Gasteiger partial charge in [-0.3, -0.25) is 0 Å². The molecule has 0 aliphatic carbocycles. The molecule has 0 amide bonds. The highest BCUT2D eigenvalue weighted by Crippen LogP contribution is 2.33. The van der Waals surface area contributed by atoms with Gasteiger partial charge in [-0.25, -0.2) is 0 Å². The van der Waals surface area contributed by atoms with E-state index in [-0.39, 0.29) is 6.04 Å². The van der Waals surface area contributed by atoms with Crippen molar-refractivity contribution in [2.24, 2.45) is 17.1 Å². The Morgan fingerprint density at radius 3 is 2.33 bits per heavy atom. The average molecular weight is 249 g/mol. The van der Waals surface area contributed by atoms with Crippen LogP contribution in [0.1, 0.15) is 51.3 Å². The van der Waals surface area contributed by atoms with Gasteiger partial charge in [0, 0.05) is 6.04 Å². The standard InChI is InChI=1S/C16H27NO/c1-11-9-13(18-6)7-8-14(11)15(17)10-12(2)16(3,4)5/h7-9,12,15H,10,17H2,1-6H3. The minimum absolute atomic E-state index is 0.102. The zero-order chi connectivity index (χ0) is 13.9. The molecule has 2 nitrogen and oxygen atoms in total. The molecule has 0 saturated heterocycles. The van der Waals surface area contributed by atoms with Gasteiger partial charge in [-0.05, 0) is 47.9 Å². The van der Waals surface area contributed by atoms with Crippen LogP contribution in [0.15, 0.2) is 18.2 Å². The normalized spacial score (nSPS) is 15.3. The molecule has 102 valence electrons. The van der Waals surface area contributed by atoms with Crippen molar-refractivity contribution in [3.63, 3.8) is 0 Å². The van der Waals surface area contributed by atoms with Crippen LogP contribution in [-0.4, -0.2) is 7.11 Å². The number of hydrogen-bond acceptors (Lipinski definition) is 2. The zero-order valence-electron chi connectivity index (χ0n) is 12.6. The van der Waals surface area contributed by atoms with Crippen molar-refractivity contribution in [2.45, 2.75) is 47.1 Å². The van der Waals surface area contributed by atoms with Crippen LogP contribution in [0, 0.1) is 18.3 Å². The van der Waals surface area contributed by atoms with E-state index in [1.807, 2.05) is 6.07 Å². The lowest BCUT2D eigenvalue weighted by Crippen LogP contribution is -2.23. The molecule has 0 radical (unpaired) electrons. The van der Waals surface area contributed by atoms with E-state index in [0.29, 0.717) is 11.3 Å². The van der Waals surface area contributed by atoms with Crippen molar-refractivity contribution in [2.75, 3.05) is 7.11 Å². The number of aryl methyl sites for hydroxylation is 1. The Morgan fingerprint density at radius 2 is 1.89 bits per heavy atom. The monoisotopic (exact) mass is 249 g/mol. The largest absolute Gasteiger partial charge is 0.497 e. The number of ether oxygens (including phenoxy) is 1. The summed E-state index contributed by atoms with van der Waals surface area (Å²) in [5.74, 6) is 1.49. The van der Waals surface area contributed by atoms with E-state index in [1.54, 1.807) is 7.11 Å². The molecule has 0 aromatic heterocycles. The maximum Gasteiger partial charge on any atom is 0.119 e. The molecule has 0 aliphatic heterocycles. The second kappa shape index (κ2) is 5.75. The third-order valence-electron chi connectivity index (χ3n) is 3.96. The highest BCUT2D eigenvalue weighted by molar-refractivity contribution is 5.36. The van der Waals surface area contributed by atoms with Crippen LogP contribution in [0.3, 0.4) is 0 Å². The molecule has 2 unspecified atom stereocenters. The smallest absolute Gasteiger partial charge is 0.119 e. The Labute approximate surface area is 112 Å². The summed E-state index contributed by atoms with van der Waals surface area (Å²) >= 11 is 0. The van der Waals surface area contributed by atoms with Gasteiger partial charge in [0.1, 0.15) is 5.75 Å². The van der Waals surface area contributed by atoms with Crippen LogP contribution in [-0.2, 0) is 0 Å². The van der Waals surface area contributed by atoms with Gasteiger partial charge in [-0.1, -0.05) is 33.8 Å². The first-order chi connectivity index (χ1) is 8.25. The topological polar surface area (TPSA) is 35.2 Å².